The first kappa shape index (κ1) is 18.4. The van der Waals surface area contributed by atoms with E-state index in [1.807, 2.05) is 0 Å². The van der Waals surface area contributed by atoms with E-state index < -0.39 is 11.8 Å². The van der Waals surface area contributed by atoms with E-state index in [1.54, 1.807) is 48.5 Å². The minimum Gasteiger partial charge on any atom is -0.366 e. The summed E-state index contributed by atoms with van der Waals surface area (Å²) in [6.45, 7) is 0. The van der Waals surface area contributed by atoms with Gasteiger partial charge in [-0.1, -0.05) is 42.0 Å². The Morgan fingerprint density at radius 1 is 0.833 bits per heavy atom. The van der Waals surface area contributed by atoms with Gasteiger partial charge in [0.05, 0.1) is 0 Å². The normalized spacial score (nSPS) is 20.7. The van der Waals surface area contributed by atoms with Crippen molar-refractivity contribution in [3.05, 3.63) is 93.1 Å². The number of Topliss-reactive ketones (excluding diaryl/α,β-unsaturated/α-hetero) is 3. The number of hydrogen-bond acceptors (Lipinski definition) is 4. The summed E-state index contributed by atoms with van der Waals surface area (Å²) >= 11 is 0. The molecule has 3 aliphatic rings. The molecule has 1 atom stereocenters. The number of rotatable bonds is 2. The van der Waals surface area contributed by atoms with Crippen LogP contribution in [0.1, 0.15) is 68.2 Å². The Morgan fingerprint density at radius 3 is 2.17 bits per heavy atom. The lowest BCUT2D eigenvalue weighted by atomic mass is 9.65. The van der Waals surface area contributed by atoms with Gasteiger partial charge in [0.25, 0.3) is 0 Å². The molecule has 0 bridgehead atoms. The molecular weight excluding hydrogens is 378 g/mol. The van der Waals surface area contributed by atoms with E-state index in [-0.39, 0.29) is 17.3 Å². The first-order valence-corrected chi connectivity index (χ1v) is 10.0. The van der Waals surface area contributed by atoms with E-state index in [9.17, 15) is 19.2 Å². The molecule has 0 saturated heterocycles. The van der Waals surface area contributed by atoms with E-state index in [2.05, 4.69) is 0 Å². The number of hydrogen-bond donors (Lipinski definition) is 1. The summed E-state index contributed by atoms with van der Waals surface area (Å²) < 4.78 is 0. The summed E-state index contributed by atoms with van der Waals surface area (Å²) in [7, 11) is 0. The molecule has 5 rings (SSSR count). The Kier molecular flexibility index (Phi) is 4.13. The fourth-order valence-electron chi connectivity index (χ4n) is 4.94. The number of fused-ring (bicyclic) bond motifs is 1. The first-order valence-electron chi connectivity index (χ1n) is 10.0. The molecule has 3 aliphatic carbocycles. The van der Waals surface area contributed by atoms with E-state index in [0.29, 0.717) is 46.3 Å². The molecule has 1 unspecified atom stereocenters. The summed E-state index contributed by atoms with van der Waals surface area (Å²) in [5.41, 5.74) is 9.73. The smallest absolute Gasteiger partial charge is 0.248 e. The van der Waals surface area contributed by atoms with Crippen LogP contribution in [0.25, 0.3) is 0 Å². The van der Waals surface area contributed by atoms with Crippen molar-refractivity contribution in [1.82, 2.24) is 0 Å². The standard InChI is InChI=1S/C25H19NO4/c26-25(30)14-10-8-13(9-11-14)21-20-15(4-3-7-19(20)27)12-18-22(21)24(29)17-6-2-1-5-16(17)23(18)28/h1-2,5-6,8-11,21H,3-4,7,12H2,(H2,26,30). The minimum atomic E-state index is -0.594. The summed E-state index contributed by atoms with van der Waals surface area (Å²) in [5, 5.41) is 0. The van der Waals surface area contributed by atoms with Gasteiger partial charge in [0.15, 0.2) is 17.3 Å². The lowest BCUT2D eigenvalue weighted by molar-refractivity contribution is -0.116. The molecule has 148 valence electrons. The Bertz CT molecular complexity index is 1210. The number of benzene rings is 2. The van der Waals surface area contributed by atoms with E-state index in [0.717, 1.165) is 24.0 Å². The predicted molar refractivity (Wildman–Crippen MR) is 110 cm³/mol. The van der Waals surface area contributed by atoms with Crippen LogP contribution in [-0.4, -0.2) is 23.3 Å². The lowest BCUT2D eigenvalue weighted by Gasteiger charge is -2.36. The molecule has 0 saturated carbocycles. The molecule has 0 radical (unpaired) electrons. The molecule has 2 N–H and O–H groups in total. The maximum Gasteiger partial charge on any atom is 0.248 e. The van der Waals surface area contributed by atoms with Crippen LogP contribution in [0, 0.1) is 0 Å². The van der Waals surface area contributed by atoms with Crippen LogP contribution >= 0.6 is 0 Å². The second kappa shape index (κ2) is 6.73. The quantitative estimate of drug-likeness (QED) is 0.836. The highest BCUT2D eigenvalue weighted by Crippen LogP contribution is 2.49. The Labute approximate surface area is 173 Å². The van der Waals surface area contributed by atoms with Crippen LogP contribution in [0.5, 0.6) is 0 Å². The summed E-state index contributed by atoms with van der Waals surface area (Å²) in [5.74, 6) is -1.44. The van der Waals surface area contributed by atoms with E-state index in [1.165, 1.54) is 0 Å². The maximum atomic E-state index is 13.5. The van der Waals surface area contributed by atoms with Crippen molar-refractivity contribution in [2.45, 2.75) is 31.6 Å². The summed E-state index contributed by atoms with van der Waals surface area (Å²) in [4.78, 5) is 51.2. The number of ketones is 3. The van der Waals surface area contributed by atoms with Crippen molar-refractivity contribution < 1.29 is 19.2 Å². The Morgan fingerprint density at radius 2 is 1.50 bits per heavy atom. The molecule has 2 aromatic carbocycles. The van der Waals surface area contributed by atoms with Gasteiger partial charge in [-0.15, -0.1) is 0 Å². The zero-order chi connectivity index (χ0) is 21.0. The maximum absolute atomic E-state index is 13.5. The minimum absolute atomic E-state index is 0.0332. The zero-order valence-electron chi connectivity index (χ0n) is 16.2. The van der Waals surface area contributed by atoms with Gasteiger partial charge in [-0.2, -0.15) is 0 Å². The highest BCUT2D eigenvalue weighted by molar-refractivity contribution is 6.28. The third-order valence-corrected chi connectivity index (χ3v) is 6.32. The van der Waals surface area contributed by atoms with E-state index in [4.69, 9.17) is 5.73 Å². The van der Waals surface area contributed by atoms with Crippen LogP contribution in [0.15, 0.2) is 70.8 Å². The average molecular weight is 397 g/mol. The SMILES string of the molecule is NC(=O)c1ccc(C2C3=C(CCCC3=O)CC3=C2C(=O)c2ccccc2C3=O)cc1. The van der Waals surface area contributed by atoms with Crippen molar-refractivity contribution in [2.75, 3.05) is 0 Å². The lowest BCUT2D eigenvalue weighted by Crippen LogP contribution is -2.33. The second-order valence-electron chi connectivity index (χ2n) is 7.99. The predicted octanol–water partition coefficient (Wildman–Crippen LogP) is 3.70. The molecule has 0 aromatic heterocycles. The molecule has 0 spiro atoms. The Balaban J connectivity index is 1.73. The molecule has 0 fully saturated rings. The van der Waals surface area contributed by atoms with Gasteiger partial charge in [0, 0.05) is 45.7 Å². The molecule has 5 heteroatoms. The van der Waals surface area contributed by atoms with Gasteiger partial charge in [-0.3, -0.25) is 19.2 Å². The molecule has 30 heavy (non-hydrogen) atoms. The van der Waals surface area contributed by atoms with E-state index >= 15 is 0 Å². The topological polar surface area (TPSA) is 94.3 Å². The van der Waals surface area contributed by atoms with Gasteiger partial charge in [0.1, 0.15) is 0 Å². The monoisotopic (exact) mass is 397 g/mol. The number of nitrogens with two attached hydrogens (primary N) is 1. The zero-order valence-corrected chi connectivity index (χ0v) is 16.2. The third-order valence-electron chi connectivity index (χ3n) is 6.32. The fourth-order valence-corrected chi connectivity index (χ4v) is 4.94. The van der Waals surface area contributed by atoms with Gasteiger partial charge in [0.2, 0.25) is 5.91 Å². The van der Waals surface area contributed by atoms with Gasteiger partial charge < -0.3 is 5.73 Å². The number of carbonyl (C=O) groups excluding carboxylic acids is 4. The number of primary amides is 1. The van der Waals surface area contributed by atoms with Crippen molar-refractivity contribution in [3.8, 4) is 0 Å². The fraction of sp³-hybridized carbons (Fsp3) is 0.200. The molecule has 0 heterocycles. The van der Waals surface area contributed by atoms with Crippen molar-refractivity contribution in [2.24, 2.45) is 5.73 Å². The number of carbonyl (C=O) groups is 4. The van der Waals surface area contributed by atoms with Gasteiger partial charge in [-0.25, -0.2) is 0 Å². The molecule has 0 aliphatic heterocycles. The second-order valence-corrected chi connectivity index (χ2v) is 7.99. The van der Waals surface area contributed by atoms with Crippen LogP contribution in [0.3, 0.4) is 0 Å². The van der Waals surface area contributed by atoms with Crippen LogP contribution in [-0.2, 0) is 4.79 Å². The van der Waals surface area contributed by atoms with Crippen molar-refractivity contribution in [1.29, 1.82) is 0 Å². The molecule has 5 nitrogen and oxygen atoms in total. The van der Waals surface area contributed by atoms with Crippen LogP contribution in [0.2, 0.25) is 0 Å². The summed E-state index contributed by atoms with van der Waals surface area (Å²) in [6, 6.07) is 13.5. The number of amides is 1. The average Bonchev–Trinajstić information content (AvgIpc) is 2.76. The highest BCUT2D eigenvalue weighted by Gasteiger charge is 2.43. The first-order chi connectivity index (χ1) is 14.5. The van der Waals surface area contributed by atoms with Gasteiger partial charge in [-0.05, 0) is 37.0 Å². The molecular formula is C25H19NO4. The summed E-state index contributed by atoms with van der Waals surface area (Å²) in [6.07, 6.45) is 2.30. The van der Waals surface area contributed by atoms with Gasteiger partial charge >= 0.3 is 0 Å². The molecule has 1 amide bonds. The largest absolute Gasteiger partial charge is 0.366 e. The third kappa shape index (κ3) is 2.62. The number of allylic oxidation sites excluding steroid dienone is 4. The van der Waals surface area contributed by atoms with Crippen LogP contribution in [0.4, 0.5) is 0 Å². The van der Waals surface area contributed by atoms with Crippen molar-refractivity contribution in [3.63, 3.8) is 0 Å². The van der Waals surface area contributed by atoms with Crippen LogP contribution < -0.4 is 5.73 Å². The Hall–Kier alpha value is -3.60. The highest BCUT2D eigenvalue weighted by atomic mass is 16.1. The van der Waals surface area contributed by atoms with Crippen molar-refractivity contribution >= 4 is 23.3 Å². The molecule has 2 aromatic rings.